The minimum Gasteiger partial charge on any atom is -0.355 e. The summed E-state index contributed by atoms with van der Waals surface area (Å²) in [7, 11) is 0. The van der Waals surface area contributed by atoms with E-state index >= 15 is 0 Å². The summed E-state index contributed by atoms with van der Waals surface area (Å²) in [4.78, 5) is 11.6. The molecule has 16 heavy (non-hydrogen) atoms. The Morgan fingerprint density at radius 1 is 1.44 bits per heavy atom. The van der Waals surface area contributed by atoms with Gasteiger partial charge in [-0.25, -0.2) is 0 Å². The van der Waals surface area contributed by atoms with Crippen LogP contribution in [0.5, 0.6) is 0 Å². The van der Waals surface area contributed by atoms with Gasteiger partial charge in [0.05, 0.1) is 0 Å². The number of carbonyl (C=O) groups excluding carboxylic acids is 1. The van der Waals surface area contributed by atoms with Crippen molar-refractivity contribution in [3.8, 4) is 0 Å². The highest BCUT2D eigenvalue weighted by Crippen LogP contribution is 2.39. The fourth-order valence-electron chi connectivity index (χ4n) is 2.18. The van der Waals surface area contributed by atoms with Gasteiger partial charge in [-0.15, -0.1) is 0 Å². The van der Waals surface area contributed by atoms with E-state index in [0.717, 1.165) is 19.4 Å². The van der Waals surface area contributed by atoms with E-state index in [1.54, 1.807) is 0 Å². The summed E-state index contributed by atoms with van der Waals surface area (Å²) in [6.07, 6.45) is 6.42. The number of hydrogen-bond donors (Lipinski definition) is 2. The summed E-state index contributed by atoms with van der Waals surface area (Å²) in [5.74, 6) is 0.884. The highest BCUT2D eigenvalue weighted by molar-refractivity contribution is 5.75. The Morgan fingerprint density at radius 2 is 2.12 bits per heavy atom. The lowest BCUT2D eigenvalue weighted by Gasteiger charge is -2.41. The second-order valence-electron chi connectivity index (χ2n) is 5.62. The zero-order valence-electron chi connectivity index (χ0n) is 10.7. The highest BCUT2D eigenvalue weighted by atomic mass is 16.1. The summed E-state index contributed by atoms with van der Waals surface area (Å²) in [5.41, 5.74) is 5.97. The summed E-state index contributed by atoms with van der Waals surface area (Å²) < 4.78 is 0. The first-order chi connectivity index (χ1) is 7.58. The van der Waals surface area contributed by atoms with Crippen LogP contribution in [-0.2, 0) is 4.79 Å². The molecule has 1 rings (SSSR count). The van der Waals surface area contributed by atoms with E-state index < -0.39 is 0 Å². The molecule has 0 aliphatic heterocycles. The third-order valence-electron chi connectivity index (χ3n) is 3.69. The predicted octanol–water partition coefficient (Wildman–Crippen LogP) is 2.06. The lowest BCUT2D eigenvalue weighted by molar-refractivity contribution is -0.122. The second-order valence-corrected chi connectivity index (χ2v) is 5.62. The highest BCUT2D eigenvalue weighted by Gasteiger charge is 2.35. The van der Waals surface area contributed by atoms with Crippen molar-refractivity contribution >= 4 is 5.91 Å². The SMILES string of the molecule is CC(C)CCCC(=O)NCC1(CN)CCC1. The van der Waals surface area contributed by atoms with Crippen molar-refractivity contribution < 1.29 is 4.79 Å². The Hall–Kier alpha value is -0.570. The molecule has 1 saturated carbocycles. The molecular formula is C13H26N2O. The Labute approximate surface area is 99.2 Å². The molecule has 94 valence electrons. The Kier molecular flexibility index (Phi) is 5.26. The van der Waals surface area contributed by atoms with E-state index in [9.17, 15) is 4.79 Å². The van der Waals surface area contributed by atoms with Gasteiger partial charge in [0.25, 0.3) is 0 Å². The van der Waals surface area contributed by atoms with Crippen molar-refractivity contribution in [3.63, 3.8) is 0 Å². The van der Waals surface area contributed by atoms with Crippen LogP contribution in [0.2, 0.25) is 0 Å². The average Bonchev–Trinajstić information content (AvgIpc) is 2.16. The maximum Gasteiger partial charge on any atom is 0.220 e. The Balaban J connectivity index is 2.10. The minimum atomic E-state index is 0.195. The van der Waals surface area contributed by atoms with Gasteiger partial charge in [-0.2, -0.15) is 0 Å². The second kappa shape index (κ2) is 6.24. The molecule has 0 unspecified atom stereocenters. The molecule has 1 aliphatic rings. The average molecular weight is 226 g/mol. The lowest BCUT2D eigenvalue weighted by atomic mass is 9.69. The number of carbonyl (C=O) groups is 1. The van der Waals surface area contributed by atoms with E-state index in [4.69, 9.17) is 5.73 Å². The fraction of sp³-hybridized carbons (Fsp3) is 0.923. The van der Waals surface area contributed by atoms with Crippen LogP contribution in [0.1, 0.15) is 52.4 Å². The van der Waals surface area contributed by atoms with Crippen LogP contribution < -0.4 is 11.1 Å². The molecule has 0 aromatic heterocycles. The van der Waals surface area contributed by atoms with E-state index in [2.05, 4.69) is 19.2 Å². The molecule has 0 heterocycles. The normalized spacial score (nSPS) is 18.2. The summed E-state index contributed by atoms with van der Waals surface area (Å²) in [6.45, 7) is 5.87. The number of hydrogen-bond acceptors (Lipinski definition) is 2. The number of nitrogens with one attached hydrogen (secondary N) is 1. The van der Waals surface area contributed by atoms with Crippen LogP contribution in [0.25, 0.3) is 0 Å². The van der Waals surface area contributed by atoms with Gasteiger partial charge < -0.3 is 11.1 Å². The van der Waals surface area contributed by atoms with Gasteiger partial charge in [-0.05, 0) is 37.1 Å². The van der Waals surface area contributed by atoms with Crippen molar-refractivity contribution in [1.82, 2.24) is 5.32 Å². The van der Waals surface area contributed by atoms with Crippen LogP contribution in [0.4, 0.5) is 0 Å². The first-order valence-electron chi connectivity index (χ1n) is 6.55. The molecule has 0 bridgehead atoms. The number of amides is 1. The smallest absolute Gasteiger partial charge is 0.220 e. The van der Waals surface area contributed by atoms with E-state index in [0.29, 0.717) is 18.9 Å². The predicted molar refractivity (Wildman–Crippen MR) is 67.0 cm³/mol. The first kappa shape index (κ1) is 13.5. The van der Waals surface area contributed by atoms with Crippen molar-refractivity contribution in [3.05, 3.63) is 0 Å². The monoisotopic (exact) mass is 226 g/mol. The third-order valence-corrected chi connectivity index (χ3v) is 3.69. The largest absolute Gasteiger partial charge is 0.355 e. The zero-order chi connectivity index (χ0) is 12.0. The van der Waals surface area contributed by atoms with E-state index in [1.165, 1.54) is 19.3 Å². The topological polar surface area (TPSA) is 55.1 Å². The van der Waals surface area contributed by atoms with Crippen LogP contribution in [0.15, 0.2) is 0 Å². The standard InChI is InChI=1S/C13H26N2O/c1-11(2)5-3-6-12(16)15-10-13(9-14)7-4-8-13/h11H,3-10,14H2,1-2H3,(H,15,16). The lowest BCUT2D eigenvalue weighted by Crippen LogP contribution is -2.46. The molecule has 0 aromatic rings. The van der Waals surface area contributed by atoms with Gasteiger partial charge in [0.1, 0.15) is 0 Å². The van der Waals surface area contributed by atoms with E-state index in [1.807, 2.05) is 0 Å². The molecule has 0 spiro atoms. The van der Waals surface area contributed by atoms with Gasteiger partial charge >= 0.3 is 0 Å². The van der Waals surface area contributed by atoms with Gasteiger partial charge in [-0.1, -0.05) is 26.7 Å². The van der Waals surface area contributed by atoms with Crippen LogP contribution in [-0.4, -0.2) is 19.0 Å². The van der Waals surface area contributed by atoms with Crippen molar-refractivity contribution in [2.45, 2.75) is 52.4 Å². The Bertz CT molecular complexity index is 216. The van der Waals surface area contributed by atoms with Gasteiger partial charge in [0, 0.05) is 13.0 Å². The molecule has 0 radical (unpaired) electrons. The molecule has 3 heteroatoms. The molecule has 3 N–H and O–H groups in total. The molecule has 1 aliphatic carbocycles. The molecule has 0 aromatic carbocycles. The third kappa shape index (κ3) is 4.12. The molecule has 3 nitrogen and oxygen atoms in total. The fourth-order valence-corrected chi connectivity index (χ4v) is 2.18. The quantitative estimate of drug-likeness (QED) is 0.698. The zero-order valence-corrected chi connectivity index (χ0v) is 10.7. The molecular weight excluding hydrogens is 200 g/mol. The Morgan fingerprint density at radius 3 is 2.56 bits per heavy atom. The number of nitrogens with two attached hydrogens (primary N) is 1. The van der Waals surface area contributed by atoms with Crippen molar-refractivity contribution in [1.29, 1.82) is 0 Å². The van der Waals surface area contributed by atoms with Crippen molar-refractivity contribution in [2.24, 2.45) is 17.1 Å². The molecule has 0 saturated heterocycles. The van der Waals surface area contributed by atoms with Gasteiger partial charge in [0.2, 0.25) is 5.91 Å². The van der Waals surface area contributed by atoms with Crippen LogP contribution in [0, 0.1) is 11.3 Å². The summed E-state index contributed by atoms with van der Waals surface area (Å²) in [6, 6.07) is 0. The van der Waals surface area contributed by atoms with Gasteiger partial charge in [0.15, 0.2) is 0 Å². The maximum absolute atomic E-state index is 11.6. The number of rotatable bonds is 7. The van der Waals surface area contributed by atoms with Gasteiger partial charge in [-0.3, -0.25) is 4.79 Å². The summed E-state index contributed by atoms with van der Waals surface area (Å²) >= 11 is 0. The minimum absolute atomic E-state index is 0.195. The van der Waals surface area contributed by atoms with Crippen LogP contribution in [0.3, 0.4) is 0 Å². The van der Waals surface area contributed by atoms with Crippen molar-refractivity contribution in [2.75, 3.05) is 13.1 Å². The van der Waals surface area contributed by atoms with Crippen LogP contribution >= 0.6 is 0 Å². The first-order valence-corrected chi connectivity index (χ1v) is 6.55. The van der Waals surface area contributed by atoms with E-state index in [-0.39, 0.29) is 11.3 Å². The molecule has 1 fully saturated rings. The maximum atomic E-state index is 11.6. The molecule has 1 amide bonds. The molecule has 0 atom stereocenters. The summed E-state index contributed by atoms with van der Waals surface area (Å²) in [5, 5.41) is 3.03.